The highest BCUT2D eigenvalue weighted by Crippen LogP contribution is 2.27. The van der Waals surface area contributed by atoms with Gasteiger partial charge >= 0.3 is 0 Å². The second-order valence-electron chi connectivity index (χ2n) is 3.70. The number of benzene rings is 1. The van der Waals surface area contributed by atoms with Crippen LogP contribution in [-0.4, -0.2) is 12.2 Å². The lowest BCUT2D eigenvalue weighted by molar-refractivity contribution is 0.179. The topological polar surface area (TPSA) is 29.5 Å². The molecule has 0 spiro atoms. The lowest BCUT2D eigenvalue weighted by Crippen LogP contribution is -2.00. The van der Waals surface area contributed by atoms with E-state index in [0.717, 1.165) is 15.1 Å². The van der Waals surface area contributed by atoms with Gasteiger partial charge in [0.15, 0.2) is 0 Å². The summed E-state index contributed by atoms with van der Waals surface area (Å²) in [5.41, 5.74) is 0.912. The maximum atomic E-state index is 10.1. The second-order valence-corrected chi connectivity index (χ2v) is 6.25. The van der Waals surface area contributed by atoms with Gasteiger partial charge in [0.05, 0.1) is 17.0 Å². The molecule has 90 valence electrons. The number of rotatable bonds is 4. The summed E-state index contributed by atoms with van der Waals surface area (Å²) in [6.07, 6.45) is 0.175. The summed E-state index contributed by atoms with van der Waals surface area (Å²) in [6, 6.07) is 11.5. The first-order valence-electron chi connectivity index (χ1n) is 5.25. The monoisotopic (exact) mass is 312 g/mol. The van der Waals surface area contributed by atoms with Crippen LogP contribution in [0.5, 0.6) is 5.75 Å². The molecule has 1 unspecified atom stereocenters. The normalized spacial score (nSPS) is 12.4. The standard InChI is InChI=1S/C13H13BrO2S/c1-16-10-4-2-9(3-5-10)12(15)8-11-6-7-13(14)17-11/h2-7,12,15H,8H2,1H3. The summed E-state index contributed by atoms with van der Waals surface area (Å²) in [7, 11) is 1.63. The van der Waals surface area contributed by atoms with Crippen LogP contribution in [0.2, 0.25) is 0 Å². The third-order valence-electron chi connectivity index (χ3n) is 2.52. The Morgan fingerprint density at radius 2 is 1.94 bits per heavy atom. The molecule has 0 aliphatic carbocycles. The Labute approximate surface area is 113 Å². The van der Waals surface area contributed by atoms with Gasteiger partial charge in [0.1, 0.15) is 5.75 Å². The van der Waals surface area contributed by atoms with Crippen LogP contribution in [0.25, 0.3) is 0 Å². The van der Waals surface area contributed by atoms with E-state index >= 15 is 0 Å². The Morgan fingerprint density at radius 1 is 1.24 bits per heavy atom. The zero-order chi connectivity index (χ0) is 12.3. The van der Waals surface area contributed by atoms with Gasteiger partial charge < -0.3 is 9.84 Å². The largest absolute Gasteiger partial charge is 0.497 e. The van der Waals surface area contributed by atoms with Gasteiger partial charge in [0.25, 0.3) is 0 Å². The minimum atomic E-state index is -0.466. The Balaban J connectivity index is 2.06. The summed E-state index contributed by atoms with van der Waals surface area (Å²) >= 11 is 5.07. The first-order valence-corrected chi connectivity index (χ1v) is 6.86. The molecular formula is C13H13BrO2S. The highest BCUT2D eigenvalue weighted by Gasteiger charge is 2.10. The summed E-state index contributed by atoms with van der Waals surface area (Å²) in [5.74, 6) is 0.805. The molecule has 1 heterocycles. The predicted octanol–water partition coefficient (Wildman–Crippen LogP) is 3.80. The van der Waals surface area contributed by atoms with Crippen molar-refractivity contribution in [2.75, 3.05) is 7.11 Å². The Morgan fingerprint density at radius 3 is 2.47 bits per heavy atom. The van der Waals surface area contributed by atoms with Crippen molar-refractivity contribution in [3.8, 4) is 5.75 Å². The molecule has 0 radical (unpaired) electrons. The van der Waals surface area contributed by atoms with Crippen LogP contribution < -0.4 is 4.74 Å². The van der Waals surface area contributed by atoms with Gasteiger partial charge in [-0.2, -0.15) is 0 Å². The fraction of sp³-hybridized carbons (Fsp3) is 0.231. The average Bonchev–Trinajstić information content (AvgIpc) is 2.75. The van der Waals surface area contributed by atoms with Crippen LogP contribution in [0, 0.1) is 0 Å². The van der Waals surface area contributed by atoms with Gasteiger partial charge in [-0.15, -0.1) is 11.3 Å². The van der Waals surface area contributed by atoms with E-state index in [2.05, 4.69) is 15.9 Å². The molecular weight excluding hydrogens is 300 g/mol. The molecule has 0 saturated heterocycles. The molecule has 0 amide bonds. The van der Waals surface area contributed by atoms with Crippen LogP contribution in [0.4, 0.5) is 0 Å². The summed E-state index contributed by atoms with van der Waals surface area (Å²) in [6.45, 7) is 0. The maximum absolute atomic E-state index is 10.1. The van der Waals surface area contributed by atoms with E-state index in [0.29, 0.717) is 6.42 Å². The fourth-order valence-electron chi connectivity index (χ4n) is 1.60. The van der Waals surface area contributed by atoms with Crippen LogP contribution in [0.3, 0.4) is 0 Å². The van der Waals surface area contributed by atoms with E-state index in [1.54, 1.807) is 18.4 Å². The number of aliphatic hydroxyl groups is 1. The van der Waals surface area contributed by atoms with Crippen LogP contribution in [0.1, 0.15) is 16.5 Å². The Kier molecular flexibility index (Phi) is 4.20. The number of thiophene rings is 1. The van der Waals surface area contributed by atoms with E-state index in [4.69, 9.17) is 4.74 Å². The first kappa shape index (κ1) is 12.6. The average molecular weight is 313 g/mol. The predicted molar refractivity (Wildman–Crippen MR) is 73.7 cm³/mol. The molecule has 0 aliphatic rings. The number of methoxy groups -OCH3 is 1. The van der Waals surface area contributed by atoms with Gasteiger partial charge in [-0.25, -0.2) is 0 Å². The summed E-state index contributed by atoms with van der Waals surface area (Å²) in [4.78, 5) is 1.17. The minimum Gasteiger partial charge on any atom is -0.497 e. The molecule has 0 bridgehead atoms. The van der Waals surface area contributed by atoms with Gasteiger partial charge in [0.2, 0.25) is 0 Å². The molecule has 1 N–H and O–H groups in total. The highest BCUT2D eigenvalue weighted by molar-refractivity contribution is 9.11. The van der Waals surface area contributed by atoms with Crippen LogP contribution >= 0.6 is 27.3 Å². The SMILES string of the molecule is COc1ccc(C(O)Cc2ccc(Br)s2)cc1. The van der Waals surface area contributed by atoms with Crippen LogP contribution in [0.15, 0.2) is 40.2 Å². The zero-order valence-corrected chi connectivity index (χ0v) is 11.8. The minimum absolute atomic E-state index is 0.466. The molecule has 17 heavy (non-hydrogen) atoms. The van der Waals surface area contributed by atoms with E-state index in [1.165, 1.54) is 4.88 Å². The third-order valence-corrected chi connectivity index (χ3v) is 4.17. The van der Waals surface area contributed by atoms with Gasteiger partial charge in [-0.05, 0) is 45.8 Å². The first-order chi connectivity index (χ1) is 8.19. The number of hydrogen-bond acceptors (Lipinski definition) is 3. The molecule has 1 atom stereocenters. The van der Waals surface area contributed by atoms with Crippen molar-refractivity contribution in [2.24, 2.45) is 0 Å². The molecule has 1 aromatic heterocycles. The highest BCUT2D eigenvalue weighted by atomic mass is 79.9. The van der Waals surface area contributed by atoms with Crippen molar-refractivity contribution in [2.45, 2.75) is 12.5 Å². The maximum Gasteiger partial charge on any atom is 0.118 e. The van der Waals surface area contributed by atoms with E-state index in [1.807, 2.05) is 36.4 Å². The van der Waals surface area contributed by atoms with E-state index < -0.39 is 6.10 Å². The number of ether oxygens (including phenoxy) is 1. The van der Waals surface area contributed by atoms with Crippen molar-refractivity contribution in [3.05, 3.63) is 50.6 Å². The third kappa shape index (κ3) is 3.31. The smallest absolute Gasteiger partial charge is 0.118 e. The molecule has 4 heteroatoms. The quantitative estimate of drug-likeness (QED) is 0.930. The van der Waals surface area contributed by atoms with Crippen molar-refractivity contribution >= 4 is 27.3 Å². The van der Waals surface area contributed by atoms with Gasteiger partial charge in [0, 0.05) is 11.3 Å². The zero-order valence-electron chi connectivity index (χ0n) is 9.39. The number of halogens is 1. The molecule has 0 fully saturated rings. The van der Waals surface area contributed by atoms with Crippen molar-refractivity contribution < 1.29 is 9.84 Å². The number of aliphatic hydroxyl groups excluding tert-OH is 1. The molecule has 2 aromatic rings. The lowest BCUT2D eigenvalue weighted by atomic mass is 10.1. The molecule has 1 aromatic carbocycles. The van der Waals surface area contributed by atoms with Crippen molar-refractivity contribution in [3.63, 3.8) is 0 Å². The van der Waals surface area contributed by atoms with Crippen molar-refractivity contribution in [1.82, 2.24) is 0 Å². The fourth-order valence-corrected chi connectivity index (χ4v) is 3.12. The Hall–Kier alpha value is -0.840. The number of hydrogen-bond donors (Lipinski definition) is 1. The van der Waals surface area contributed by atoms with Gasteiger partial charge in [-0.1, -0.05) is 12.1 Å². The summed E-state index contributed by atoms with van der Waals surface area (Å²) in [5, 5.41) is 10.1. The van der Waals surface area contributed by atoms with Gasteiger partial charge in [-0.3, -0.25) is 0 Å². The van der Waals surface area contributed by atoms with Crippen LogP contribution in [-0.2, 0) is 6.42 Å². The molecule has 0 aliphatic heterocycles. The van der Waals surface area contributed by atoms with Crippen molar-refractivity contribution in [1.29, 1.82) is 0 Å². The Bertz CT molecular complexity index is 478. The molecule has 0 saturated carbocycles. The lowest BCUT2D eigenvalue weighted by Gasteiger charge is -2.10. The van der Waals surface area contributed by atoms with E-state index in [-0.39, 0.29) is 0 Å². The van der Waals surface area contributed by atoms with E-state index in [9.17, 15) is 5.11 Å². The summed E-state index contributed by atoms with van der Waals surface area (Å²) < 4.78 is 6.18. The molecule has 2 nitrogen and oxygen atoms in total. The second kappa shape index (κ2) is 5.67. The molecule has 2 rings (SSSR count).